The van der Waals surface area contributed by atoms with Crippen molar-refractivity contribution >= 4 is 23.6 Å². The lowest BCUT2D eigenvalue weighted by molar-refractivity contribution is -0.160. The highest BCUT2D eigenvalue weighted by atomic mass is 32.2. The summed E-state index contributed by atoms with van der Waals surface area (Å²) < 4.78 is 0. The maximum atomic E-state index is 13.2. The molecule has 120 valence electrons. The summed E-state index contributed by atoms with van der Waals surface area (Å²) in [6.45, 7) is 8.05. The van der Waals surface area contributed by atoms with Crippen LogP contribution in [0.3, 0.4) is 0 Å². The average Bonchev–Trinajstić information content (AvgIpc) is 2.49. The summed E-state index contributed by atoms with van der Waals surface area (Å²) in [4.78, 5) is 27.8. The molecule has 2 heterocycles. The van der Waals surface area contributed by atoms with E-state index < -0.39 is 5.54 Å². The molecular formula is C16H28N2O2S. The standard InChI is InChI=1S/C16H28N2O2S/c1-5-16(6-2)15(20)18(12-8-7-9-21-10-12)13(11(3)4)14(19)17-16/h11-13H,5-10H2,1-4H3,(H,17,19). The second-order valence-corrected chi connectivity index (χ2v) is 7.70. The Morgan fingerprint density at radius 1 is 1.33 bits per heavy atom. The Hall–Kier alpha value is -0.710. The van der Waals surface area contributed by atoms with Crippen LogP contribution in [0.2, 0.25) is 0 Å². The average molecular weight is 312 g/mol. The molecule has 2 unspecified atom stereocenters. The molecule has 0 aromatic rings. The van der Waals surface area contributed by atoms with Crippen LogP contribution in [0.5, 0.6) is 0 Å². The summed E-state index contributed by atoms with van der Waals surface area (Å²) in [5, 5.41) is 3.04. The number of piperazine rings is 1. The Bertz CT molecular complexity index is 401. The van der Waals surface area contributed by atoms with Gasteiger partial charge in [-0.1, -0.05) is 27.7 Å². The van der Waals surface area contributed by atoms with Crippen molar-refractivity contribution in [2.45, 2.75) is 71.0 Å². The molecule has 21 heavy (non-hydrogen) atoms. The summed E-state index contributed by atoms with van der Waals surface area (Å²) >= 11 is 1.90. The maximum absolute atomic E-state index is 13.2. The third kappa shape index (κ3) is 2.94. The molecule has 0 aromatic carbocycles. The number of hydrogen-bond acceptors (Lipinski definition) is 3. The van der Waals surface area contributed by atoms with Crippen LogP contribution in [0, 0.1) is 5.92 Å². The van der Waals surface area contributed by atoms with Gasteiger partial charge in [-0.25, -0.2) is 0 Å². The first-order chi connectivity index (χ1) is 9.96. The first kappa shape index (κ1) is 16.7. The van der Waals surface area contributed by atoms with Gasteiger partial charge in [-0.2, -0.15) is 11.8 Å². The SMILES string of the molecule is CCC1(CC)NC(=O)C(C(C)C)N(C2CCCSC2)C1=O. The van der Waals surface area contributed by atoms with Gasteiger partial charge in [0.05, 0.1) is 0 Å². The van der Waals surface area contributed by atoms with Crippen molar-refractivity contribution in [1.29, 1.82) is 0 Å². The topological polar surface area (TPSA) is 49.4 Å². The third-order valence-corrected chi connectivity index (χ3v) is 6.14. The molecule has 0 radical (unpaired) electrons. The lowest BCUT2D eigenvalue weighted by Crippen LogP contribution is -2.73. The van der Waals surface area contributed by atoms with E-state index in [1.165, 1.54) is 5.75 Å². The highest BCUT2D eigenvalue weighted by Gasteiger charge is 2.51. The van der Waals surface area contributed by atoms with Gasteiger partial charge in [0.25, 0.3) is 0 Å². The minimum atomic E-state index is -0.690. The molecule has 2 amide bonds. The quantitative estimate of drug-likeness (QED) is 0.867. The van der Waals surface area contributed by atoms with E-state index in [2.05, 4.69) is 5.32 Å². The van der Waals surface area contributed by atoms with E-state index in [1.54, 1.807) is 0 Å². The summed E-state index contributed by atoms with van der Waals surface area (Å²) in [5.41, 5.74) is -0.690. The molecule has 0 bridgehead atoms. The summed E-state index contributed by atoms with van der Waals surface area (Å²) in [7, 11) is 0. The van der Waals surface area contributed by atoms with Crippen molar-refractivity contribution in [2.24, 2.45) is 5.92 Å². The number of rotatable bonds is 4. The molecule has 2 atom stereocenters. The van der Waals surface area contributed by atoms with Gasteiger partial charge < -0.3 is 10.2 Å². The Labute approximate surface area is 132 Å². The zero-order valence-electron chi connectivity index (χ0n) is 13.6. The first-order valence-corrected chi connectivity index (χ1v) is 9.34. The van der Waals surface area contributed by atoms with E-state index >= 15 is 0 Å². The molecule has 2 saturated heterocycles. The summed E-state index contributed by atoms with van der Waals surface area (Å²) in [5.74, 6) is 2.45. The summed E-state index contributed by atoms with van der Waals surface area (Å²) in [6.07, 6.45) is 3.49. The van der Waals surface area contributed by atoms with Crippen molar-refractivity contribution in [2.75, 3.05) is 11.5 Å². The van der Waals surface area contributed by atoms with Crippen molar-refractivity contribution in [3.63, 3.8) is 0 Å². The number of thioether (sulfide) groups is 1. The van der Waals surface area contributed by atoms with Crippen molar-refractivity contribution in [1.82, 2.24) is 10.2 Å². The van der Waals surface area contributed by atoms with Gasteiger partial charge in [0.15, 0.2) is 0 Å². The van der Waals surface area contributed by atoms with Crippen LogP contribution in [-0.4, -0.2) is 45.8 Å². The number of hydrogen-bond donors (Lipinski definition) is 1. The van der Waals surface area contributed by atoms with E-state index in [0.717, 1.165) is 18.6 Å². The van der Waals surface area contributed by atoms with E-state index in [-0.39, 0.29) is 29.8 Å². The molecule has 0 aliphatic carbocycles. The van der Waals surface area contributed by atoms with Crippen LogP contribution >= 0.6 is 11.8 Å². The predicted molar refractivity (Wildman–Crippen MR) is 87.3 cm³/mol. The Kier molecular flexibility index (Phi) is 5.23. The monoisotopic (exact) mass is 312 g/mol. The molecule has 2 aliphatic rings. The van der Waals surface area contributed by atoms with Gasteiger partial charge in [0.1, 0.15) is 11.6 Å². The van der Waals surface area contributed by atoms with Gasteiger partial charge in [-0.05, 0) is 37.4 Å². The highest BCUT2D eigenvalue weighted by Crippen LogP contribution is 2.33. The molecule has 5 heteroatoms. The number of carbonyl (C=O) groups is 2. The number of amides is 2. The number of nitrogens with one attached hydrogen (secondary N) is 1. The van der Waals surface area contributed by atoms with Crippen LogP contribution in [0.1, 0.15) is 53.4 Å². The minimum absolute atomic E-state index is 0.0314. The fraction of sp³-hybridized carbons (Fsp3) is 0.875. The Morgan fingerprint density at radius 2 is 2.00 bits per heavy atom. The molecule has 1 N–H and O–H groups in total. The Morgan fingerprint density at radius 3 is 2.48 bits per heavy atom. The molecule has 2 aliphatic heterocycles. The van der Waals surface area contributed by atoms with Crippen LogP contribution in [-0.2, 0) is 9.59 Å². The largest absolute Gasteiger partial charge is 0.340 e. The van der Waals surface area contributed by atoms with Crippen LogP contribution in [0.15, 0.2) is 0 Å². The second-order valence-electron chi connectivity index (χ2n) is 6.55. The number of nitrogens with zero attached hydrogens (tertiary/aromatic N) is 1. The lowest BCUT2D eigenvalue weighted by Gasteiger charge is -2.50. The molecule has 2 rings (SSSR count). The van der Waals surface area contributed by atoms with E-state index in [9.17, 15) is 9.59 Å². The summed E-state index contributed by atoms with van der Waals surface area (Å²) in [6, 6.07) is -0.0976. The van der Waals surface area contributed by atoms with E-state index in [1.807, 2.05) is 44.4 Å². The normalized spacial score (nSPS) is 29.7. The van der Waals surface area contributed by atoms with Gasteiger partial charge in [0.2, 0.25) is 11.8 Å². The van der Waals surface area contributed by atoms with Crippen molar-refractivity contribution < 1.29 is 9.59 Å². The van der Waals surface area contributed by atoms with E-state index in [0.29, 0.717) is 12.8 Å². The Balaban J connectivity index is 2.36. The second kappa shape index (κ2) is 6.59. The van der Waals surface area contributed by atoms with Gasteiger partial charge in [-0.15, -0.1) is 0 Å². The zero-order valence-corrected chi connectivity index (χ0v) is 14.5. The highest BCUT2D eigenvalue weighted by molar-refractivity contribution is 7.99. The fourth-order valence-corrected chi connectivity index (χ4v) is 4.69. The van der Waals surface area contributed by atoms with Gasteiger partial charge >= 0.3 is 0 Å². The first-order valence-electron chi connectivity index (χ1n) is 8.19. The minimum Gasteiger partial charge on any atom is -0.340 e. The predicted octanol–water partition coefficient (Wildman–Crippen LogP) is 2.42. The fourth-order valence-electron chi connectivity index (χ4n) is 3.55. The van der Waals surface area contributed by atoms with Gasteiger partial charge in [0, 0.05) is 11.8 Å². The molecule has 4 nitrogen and oxygen atoms in total. The van der Waals surface area contributed by atoms with Crippen molar-refractivity contribution in [3.05, 3.63) is 0 Å². The third-order valence-electron chi connectivity index (χ3n) is 4.94. The van der Waals surface area contributed by atoms with Crippen LogP contribution in [0.4, 0.5) is 0 Å². The molecule has 0 spiro atoms. The molecule has 0 saturated carbocycles. The molecular weight excluding hydrogens is 284 g/mol. The molecule has 0 aromatic heterocycles. The van der Waals surface area contributed by atoms with Crippen LogP contribution < -0.4 is 5.32 Å². The number of carbonyl (C=O) groups excluding carboxylic acids is 2. The maximum Gasteiger partial charge on any atom is 0.249 e. The van der Waals surface area contributed by atoms with E-state index in [4.69, 9.17) is 0 Å². The smallest absolute Gasteiger partial charge is 0.249 e. The lowest BCUT2D eigenvalue weighted by atomic mass is 9.83. The van der Waals surface area contributed by atoms with Crippen LogP contribution in [0.25, 0.3) is 0 Å². The van der Waals surface area contributed by atoms with Crippen molar-refractivity contribution in [3.8, 4) is 0 Å². The molecule has 2 fully saturated rings. The van der Waals surface area contributed by atoms with Gasteiger partial charge in [-0.3, -0.25) is 9.59 Å². The zero-order chi connectivity index (χ0) is 15.6.